The molecule has 149 heavy (non-hydrogen) atoms. The van der Waals surface area contributed by atoms with Gasteiger partial charge in [0.15, 0.2) is 0 Å². The molecule has 16 aliphatic carbocycles. The van der Waals surface area contributed by atoms with E-state index in [1.807, 2.05) is 33.4 Å². The zero-order chi connectivity index (χ0) is 108. The third-order valence-electron chi connectivity index (χ3n) is 49.4. The summed E-state index contributed by atoms with van der Waals surface area (Å²) in [5.41, 5.74) is 35.5. The summed E-state index contributed by atoms with van der Waals surface area (Å²) >= 11 is 0. The van der Waals surface area contributed by atoms with Crippen LogP contribution < -0.4 is 11.5 Å². The van der Waals surface area contributed by atoms with Crippen molar-refractivity contribution in [3.8, 4) is 0 Å². The number of esters is 4. The molecule has 18 rings (SSSR count). The van der Waals surface area contributed by atoms with E-state index in [1.165, 1.54) is 240 Å². The molecule has 836 valence electrons. The van der Waals surface area contributed by atoms with Crippen LogP contribution >= 0.6 is 12.4 Å². The van der Waals surface area contributed by atoms with Gasteiger partial charge in [0.1, 0.15) is 36.5 Å². The molecule has 0 aromatic carbocycles. The number of hydrogen-bond acceptors (Lipinski definition) is 15. The number of hydrogen-bond donors (Lipinski definition) is 2. The van der Waals surface area contributed by atoms with E-state index in [0.717, 1.165) is 98.7 Å². The van der Waals surface area contributed by atoms with Crippen LogP contribution in [0.25, 0.3) is 0 Å². The molecule has 4 N–H and O–H groups in total. The smallest absolute Gasteiger partial charge is 0.380 e. The van der Waals surface area contributed by atoms with Crippen LogP contribution in [0.15, 0.2) is 119 Å². The number of carbonyl (C=O) groups excluding carboxylic acids is 4. The van der Waals surface area contributed by atoms with Crippen molar-refractivity contribution in [2.24, 2.45) is 169 Å². The van der Waals surface area contributed by atoms with Gasteiger partial charge in [0, 0.05) is 27.7 Å². The monoisotopic (exact) mass is 2070 g/mol. The maximum atomic E-state index is 12.7. The molecule has 16 aliphatic rings. The highest BCUT2D eigenvalue weighted by molar-refractivity contribution is 5.86. The third-order valence-corrected chi connectivity index (χ3v) is 49.4. The molecule has 15 nitrogen and oxygen atoms in total. The van der Waals surface area contributed by atoms with E-state index in [-0.39, 0.29) is 110 Å². The summed E-state index contributed by atoms with van der Waals surface area (Å²) < 4.78 is 34.0. The van der Waals surface area contributed by atoms with E-state index < -0.39 is 18.1 Å². The summed E-state index contributed by atoms with van der Waals surface area (Å²) in [6.07, 6.45) is 61.5. The fourth-order valence-electron chi connectivity index (χ4n) is 40.1. The third kappa shape index (κ3) is 20.7. The first kappa shape index (κ1) is 119. The fourth-order valence-corrected chi connectivity index (χ4v) is 40.1. The van der Waals surface area contributed by atoms with E-state index in [2.05, 4.69) is 261 Å². The molecule has 0 aliphatic heterocycles. The van der Waals surface area contributed by atoms with Crippen LogP contribution in [0.4, 0.5) is 0 Å². The standard InChI is InChI=1S/C34H51NO3.C33H50N2O3.2C33H55NO2.ClH/c1-22(2)10-9-11-23(3)24-14-19-34(8)26-12-13-28-31(4,5)29(37-30(36)27-17-21-35-38-27)16-18-32(28,6)25(26)15-20-33(24,34)7;1-21(2)10-9-11-22(3)23-14-18-33(8)25-12-13-26-30(4,5)27(38-29(36)28-34-20-37-35-28)16-17-31(26,6)24(25)15-19-32(23,33)7;2*1-21(2)11-10-12-22(3)24-15-19-33(9)26-13-14-27-30(5,6)28(36-29(35)23(4)34)17-18-31(27,7)25(26)16-20-32(24,33)8;/h10,17,21,23-24,28-29H,9,11-16,18-20H2,1-8H3;10,20,22-23,26-27H,9,11-19H2,1-8H3;2*11,22-24,27-28H,10,12-20,34H2,1-9H3;1H/t23-,24-,28?,29+,32-,33-,34+;22-,23-,26?,27+,31-,32-,33+;2*22-,23+,24-,27?,28+,31-,32-,33+;/m1111./s1. The highest BCUT2D eigenvalue weighted by atomic mass is 35.5. The van der Waals surface area contributed by atoms with Gasteiger partial charge in [0.2, 0.25) is 12.2 Å². The van der Waals surface area contributed by atoms with Crippen molar-refractivity contribution >= 4 is 36.3 Å². The van der Waals surface area contributed by atoms with Gasteiger partial charge in [-0.15, -0.1) is 12.4 Å². The minimum absolute atomic E-state index is 0. The van der Waals surface area contributed by atoms with E-state index in [9.17, 15) is 19.2 Å². The lowest BCUT2D eigenvalue weighted by Gasteiger charge is -2.62. The van der Waals surface area contributed by atoms with Gasteiger partial charge in [-0.2, -0.15) is 4.98 Å². The molecule has 0 saturated heterocycles. The molecule has 8 saturated carbocycles. The Morgan fingerprint density at radius 2 is 0.597 bits per heavy atom. The maximum Gasteiger partial charge on any atom is 0.380 e. The topological polar surface area (TPSA) is 222 Å². The molecule has 0 bridgehead atoms. The van der Waals surface area contributed by atoms with Crippen molar-refractivity contribution in [3.63, 3.8) is 0 Å². The number of allylic oxidation sites excluding steroid dienone is 16. The number of halogens is 1. The van der Waals surface area contributed by atoms with Crippen LogP contribution in [-0.2, 0) is 28.5 Å². The highest BCUT2D eigenvalue weighted by Gasteiger charge is 2.71. The Morgan fingerprint density at radius 3 is 0.826 bits per heavy atom. The Balaban J connectivity index is 0.000000156. The molecule has 0 amide bonds. The van der Waals surface area contributed by atoms with Gasteiger partial charge in [-0.05, 0) is 462 Å². The molecule has 4 unspecified atom stereocenters. The maximum absolute atomic E-state index is 12.7. The van der Waals surface area contributed by atoms with E-state index in [0.29, 0.717) is 67.0 Å². The summed E-state index contributed by atoms with van der Waals surface area (Å²) in [6, 6.07) is 0.493. The van der Waals surface area contributed by atoms with Gasteiger partial charge >= 0.3 is 23.9 Å². The van der Waals surface area contributed by atoms with Crippen LogP contribution in [0.3, 0.4) is 0 Å². The second-order valence-electron chi connectivity index (χ2n) is 59.1. The number of nitrogens with zero attached hydrogens (tertiary/aromatic N) is 3. The van der Waals surface area contributed by atoms with Gasteiger partial charge in [0.05, 0.1) is 6.20 Å². The lowest BCUT2D eigenvalue weighted by Crippen LogP contribution is -2.56. The molecule has 0 spiro atoms. The molecule has 8 fully saturated rings. The number of rotatable bonds is 24. The molecule has 2 aromatic heterocycles. The first-order valence-electron chi connectivity index (χ1n) is 60.5. The van der Waals surface area contributed by atoms with Crippen LogP contribution in [0.2, 0.25) is 0 Å². The molecule has 30 atom stereocenters. The van der Waals surface area contributed by atoms with Gasteiger partial charge < -0.3 is 39.5 Å². The highest BCUT2D eigenvalue weighted by Crippen LogP contribution is 2.79. The first-order valence-corrected chi connectivity index (χ1v) is 60.5. The van der Waals surface area contributed by atoms with Crippen LogP contribution in [-0.4, -0.2) is 75.7 Å². The van der Waals surface area contributed by atoms with Gasteiger partial charge in [-0.3, -0.25) is 9.59 Å². The molecular formula is C133H212ClN5O10. The van der Waals surface area contributed by atoms with E-state index in [1.54, 1.807) is 31.1 Å². The summed E-state index contributed by atoms with van der Waals surface area (Å²) in [5, 5.41) is 7.38. The number of aromatic nitrogens is 3. The minimum Gasteiger partial charge on any atom is -0.461 e. The second-order valence-corrected chi connectivity index (χ2v) is 59.1. The Bertz CT molecular complexity index is 5050. The average molecular weight is 2080 g/mol. The molecular weight excluding hydrogens is 1860 g/mol. The minimum atomic E-state index is -0.550. The largest absolute Gasteiger partial charge is 0.461 e. The van der Waals surface area contributed by atoms with E-state index >= 15 is 0 Å². The van der Waals surface area contributed by atoms with Crippen molar-refractivity contribution in [1.82, 2.24) is 15.3 Å². The van der Waals surface area contributed by atoms with E-state index in [4.69, 9.17) is 39.5 Å². The van der Waals surface area contributed by atoms with Crippen molar-refractivity contribution in [1.29, 1.82) is 0 Å². The van der Waals surface area contributed by atoms with Crippen LogP contribution in [0.5, 0.6) is 0 Å². The zero-order valence-electron chi connectivity index (χ0n) is 101. The summed E-state index contributed by atoms with van der Waals surface area (Å²) in [6.45, 7) is 81.6. The lowest BCUT2D eigenvalue weighted by molar-refractivity contribution is -0.171. The lowest BCUT2D eigenvalue weighted by atomic mass is 9.43. The average Bonchev–Trinajstić information content (AvgIpc) is 1.64. The van der Waals surface area contributed by atoms with Gasteiger partial charge in [-0.1, -0.05) is 268 Å². The van der Waals surface area contributed by atoms with Crippen molar-refractivity contribution in [2.75, 3.05) is 0 Å². The number of nitrogens with two attached hydrogens (primary N) is 2. The number of carbonyl (C=O) groups is 4. The van der Waals surface area contributed by atoms with Crippen LogP contribution in [0.1, 0.15) is 513 Å². The molecule has 0 radical (unpaired) electrons. The first-order chi connectivity index (χ1) is 69.0. The normalized spacial score (nSPS) is 39.5. The second kappa shape index (κ2) is 44.0. The predicted octanol–water partition coefficient (Wildman–Crippen LogP) is 35.2. The Labute approximate surface area is 912 Å². The van der Waals surface area contributed by atoms with Crippen molar-refractivity contribution in [3.05, 3.63) is 121 Å². The van der Waals surface area contributed by atoms with Gasteiger partial charge in [-0.25, -0.2) is 9.59 Å². The summed E-state index contributed by atoms with van der Waals surface area (Å²) in [5.74, 6) is 7.43. The Kier molecular flexibility index (Phi) is 35.1. The molecule has 2 heterocycles. The molecule has 16 heteroatoms. The van der Waals surface area contributed by atoms with Crippen molar-refractivity contribution < 1.29 is 47.2 Å². The SMILES string of the molecule is CC(C)=CCC[C@@H](C)[C@H]1CC[C@@]2(C)C3=C(CC[C@]12C)[C@@]1(C)CC[C@H](OC(=O)[C@H](C)N)C(C)(C)C1CC3.CC(C)=CCC[C@@H](C)[C@H]1CC[C@@]2(C)C3=C(CC[C@]12C)[C@@]1(C)CC[C@H](OC(=O)[C@H](C)N)C(C)(C)C1CC3.CC(C)=CCC[C@@H](C)[C@H]1CC[C@@]2(C)C3=C(CC[C@]12C)[C@@]1(C)CC[C@H](OC(=O)c2ccno2)C(C)(C)C1CC3.CC(C)=CCC[C@@H](C)[C@H]1CC[C@@]2(C)C3=C(CC[C@]12C)[C@@]1(C)CC[C@H](OC(=O)c2ncon2)C(C)(C)C1CC3.Cl. The molecule has 2 aromatic rings. The quantitative estimate of drug-likeness (QED) is 0.0567. The summed E-state index contributed by atoms with van der Waals surface area (Å²) in [4.78, 5) is 54.1. The number of fused-ring (bicyclic) bond motifs is 16. The predicted molar refractivity (Wildman–Crippen MR) is 611 cm³/mol. The van der Waals surface area contributed by atoms with Gasteiger partial charge in [0.25, 0.3) is 5.82 Å². The Hall–Kier alpha value is -5.64. The summed E-state index contributed by atoms with van der Waals surface area (Å²) in [7, 11) is 0. The fraction of sp³-hybridized carbons (Fsp3) is 0.812. The van der Waals surface area contributed by atoms with Crippen LogP contribution in [0, 0.1) is 158 Å². The zero-order valence-corrected chi connectivity index (χ0v) is 102. The Morgan fingerprint density at radius 1 is 0.342 bits per heavy atom. The number of ether oxygens (including phenoxy) is 4. The van der Waals surface area contributed by atoms with Crippen molar-refractivity contribution in [2.45, 2.75) is 529 Å².